The number of hydrogen-bond donors (Lipinski definition) is 0. The third-order valence-electron chi connectivity index (χ3n) is 5.65. The van der Waals surface area contributed by atoms with E-state index in [1.54, 1.807) is 11.3 Å². The molecule has 3 aromatic rings. The van der Waals surface area contributed by atoms with Crippen LogP contribution in [-0.4, -0.2) is 59.6 Å². The third kappa shape index (κ3) is 5.61. The lowest BCUT2D eigenvalue weighted by atomic mass is 10.1. The van der Waals surface area contributed by atoms with Gasteiger partial charge in [-0.1, -0.05) is 30.3 Å². The molecule has 1 aliphatic heterocycles. The molecule has 2 aromatic heterocycles. The number of aromatic nitrogens is 1. The first-order valence-corrected chi connectivity index (χ1v) is 11.7. The van der Waals surface area contributed by atoms with Crippen molar-refractivity contribution in [1.29, 1.82) is 0 Å². The van der Waals surface area contributed by atoms with Crippen molar-refractivity contribution in [2.24, 2.45) is 0 Å². The first-order valence-electron chi connectivity index (χ1n) is 10.7. The van der Waals surface area contributed by atoms with Crippen LogP contribution in [-0.2, 0) is 22.5 Å². The fourth-order valence-electron chi connectivity index (χ4n) is 3.87. The second-order valence-electron chi connectivity index (χ2n) is 7.98. The molecule has 0 aliphatic carbocycles. The molecule has 0 spiro atoms. The summed E-state index contributed by atoms with van der Waals surface area (Å²) in [5, 5.41) is 4.00. The standard InChI is InChI=1S/C24H29N3O3S/c1-18(15-26-9-11-29-12-10-26)27(16-20-6-4-3-5-7-20)23(28)14-22-19(2)30-24(25-22)21-8-13-31-17-21/h3-8,13,17-18H,9-12,14-16H2,1-2H3. The monoisotopic (exact) mass is 439 g/mol. The fraction of sp³-hybridized carbons (Fsp3) is 0.417. The van der Waals surface area contributed by atoms with Gasteiger partial charge in [-0.15, -0.1) is 0 Å². The van der Waals surface area contributed by atoms with Crippen molar-refractivity contribution in [1.82, 2.24) is 14.8 Å². The largest absolute Gasteiger partial charge is 0.441 e. The van der Waals surface area contributed by atoms with Gasteiger partial charge < -0.3 is 14.1 Å². The number of aryl methyl sites for hydroxylation is 1. The maximum absolute atomic E-state index is 13.5. The number of carbonyl (C=O) groups excluding carboxylic acids is 1. The fourth-order valence-corrected chi connectivity index (χ4v) is 4.50. The van der Waals surface area contributed by atoms with Crippen LogP contribution < -0.4 is 0 Å². The van der Waals surface area contributed by atoms with E-state index in [9.17, 15) is 4.79 Å². The van der Waals surface area contributed by atoms with Gasteiger partial charge in [-0.05, 0) is 30.9 Å². The van der Waals surface area contributed by atoms with Gasteiger partial charge in [0, 0.05) is 43.2 Å². The molecule has 0 saturated carbocycles. The molecule has 0 bridgehead atoms. The molecule has 1 atom stereocenters. The number of hydrogen-bond acceptors (Lipinski definition) is 6. The summed E-state index contributed by atoms with van der Waals surface area (Å²) in [4.78, 5) is 22.4. The molecule has 0 N–H and O–H groups in total. The number of ether oxygens (including phenoxy) is 1. The van der Waals surface area contributed by atoms with Gasteiger partial charge >= 0.3 is 0 Å². The number of benzene rings is 1. The zero-order valence-electron chi connectivity index (χ0n) is 18.1. The lowest BCUT2D eigenvalue weighted by Gasteiger charge is -2.35. The quantitative estimate of drug-likeness (QED) is 0.531. The van der Waals surface area contributed by atoms with E-state index in [1.165, 1.54) is 0 Å². The van der Waals surface area contributed by atoms with Gasteiger partial charge in [0.15, 0.2) is 0 Å². The van der Waals surface area contributed by atoms with Gasteiger partial charge in [-0.25, -0.2) is 4.98 Å². The van der Waals surface area contributed by atoms with Crippen LogP contribution in [0.3, 0.4) is 0 Å². The van der Waals surface area contributed by atoms with E-state index >= 15 is 0 Å². The highest BCUT2D eigenvalue weighted by Gasteiger charge is 2.25. The Kier molecular flexibility index (Phi) is 7.17. The molecular formula is C24H29N3O3S. The van der Waals surface area contributed by atoms with Gasteiger partial charge in [0.2, 0.25) is 11.8 Å². The van der Waals surface area contributed by atoms with Crippen LogP contribution in [0.25, 0.3) is 11.5 Å². The summed E-state index contributed by atoms with van der Waals surface area (Å²) in [5.41, 5.74) is 2.79. The predicted molar refractivity (Wildman–Crippen MR) is 122 cm³/mol. The van der Waals surface area contributed by atoms with E-state index in [1.807, 2.05) is 46.8 Å². The van der Waals surface area contributed by atoms with E-state index in [-0.39, 0.29) is 18.4 Å². The Morgan fingerprint density at radius 3 is 2.71 bits per heavy atom. The van der Waals surface area contributed by atoms with Crippen molar-refractivity contribution in [2.75, 3.05) is 32.8 Å². The topological polar surface area (TPSA) is 58.8 Å². The summed E-state index contributed by atoms with van der Waals surface area (Å²) in [6.07, 6.45) is 0.236. The Morgan fingerprint density at radius 1 is 1.23 bits per heavy atom. The second kappa shape index (κ2) is 10.2. The average Bonchev–Trinajstić information content (AvgIpc) is 3.44. The third-order valence-corrected chi connectivity index (χ3v) is 6.34. The van der Waals surface area contributed by atoms with Crippen molar-refractivity contribution in [2.45, 2.75) is 32.9 Å². The van der Waals surface area contributed by atoms with Crippen molar-refractivity contribution in [3.05, 3.63) is 64.2 Å². The van der Waals surface area contributed by atoms with Crippen LogP contribution in [0, 0.1) is 6.92 Å². The molecule has 6 nitrogen and oxygen atoms in total. The van der Waals surface area contributed by atoms with Crippen molar-refractivity contribution in [3.8, 4) is 11.5 Å². The first kappa shape index (κ1) is 21.7. The van der Waals surface area contributed by atoms with E-state index in [0.29, 0.717) is 23.9 Å². The number of oxazole rings is 1. The molecule has 31 heavy (non-hydrogen) atoms. The minimum atomic E-state index is 0.0675. The van der Waals surface area contributed by atoms with Gasteiger partial charge in [-0.2, -0.15) is 11.3 Å². The maximum Gasteiger partial charge on any atom is 0.229 e. The Labute approximate surface area is 187 Å². The Bertz CT molecular complexity index is 965. The first-order chi connectivity index (χ1) is 15.1. The Balaban J connectivity index is 1.50. The summed E-state index contributed by atoms with van der Waals surface area (Å²) in [6.45, 7) is 8.74. The lowest BCUT2D eigenvalue weighted by Crippen LogP contribution is -2.48. The molecule has 164 valence electrons. The van der Waals surface area contributed by atoms with E-state index < -0.39 is 0 Å². The SMILES string of the molecule is Cc1oc(-c2ccsc2)nc1CC(=O)N(Cc1ccccc1)C(C)CN1CCOCC1. The maximum atomic E-state index is 13.5. The van der Waals surface area contributed by atoms with Gasteiger partial charge in [0.1, 0.15) is 5.76 Å². The summed E-state index contributed by atoms with van der Waals surface area (Å²) in [5.74, 6) is 1.35. The number of carbonyl (C=O) groups is 1. The van der Waals surface area contributed by atoms with Crippen LogP contribution in [0.15, 0.2) is 51.6 Å². The van der Waals surface area contributed by atoms with Crippen LogP contribution in [0.2, 0.25) is 0 Å². The molecule has 1 fully saturated rings. The highest BCUT2D eigenvalue weighted by Crippen LogP contribution is 2.24. The molecule has 1 amide bonds. The van der Waals surface area contributed by atoms with Crippen molar-refractivity contribution >= 4 is 17.2 Å². The van der Waals surface area contributed by atoms with Crippen molar-refractivity contribution in [3.63, 3.8) is 0 Å². The summed E-state index contributed by atoms with van der Waals surface area (Å²) in [6, 6.07) is 12.2. The van der Waals surface area contributed by atoms with E-state index in [4.69, 9.17) is 9.15 Å². The Hall–Kier alpha value is -2.48. The van der Waals surface area contributed by atoms with Gasteiger partial charge in [0.05, 0.1) is 25.3 Å². The number of thiophene rings is 1. The zero-order chi connectivity index (χ0) is 21.6. The minimum absolute atomic E-state index is 0.0675. The lowest BCUT2D eigenvalue weighted by molar-refractivity contribution is -0.133. The van der Waals surface area contributed by atoms with Crippen LogP contribution in [0.5, 0.6) is 0 Å². The molecule has 1 aromatic carbocycles. The number of nitrogens with zero attached hydrogens (tertiary/aromatic N) is 3. The Morgan fingerprint density at radius 2 is 2.00 bits per heavy atom. The summed E-state index contributed by atoms with van der Waals surface area (Å²) in [7, 11) is 0. The van der Waals surface area contributed by atoms with Crippen LogP contribution in [0.4, 0.5) is 0 Å². The highest BCUT2D eigenvalue weighted by atomic mass is 32.1. The van der Waals surface area contributed by atoms with Gasteiger partial charge in [0.25, 0.3) is 0 Å². The summed E-state index contributed by atoms with van der Waals surface area (Å²) < 4.78 is 11.3. The molecular weight excluding hydrogens is 410 g/mol. The van der Waals surface area contributed by atoms with Crippen LogP contribution in [0.1, 0.15) is 23.9 Å². The molecule has 1 saturated heterocycles. The van der Waals surface area contributed by atoms with E-state index in [0.717, 1.165) is 44.0 Å². The highest BCUT2D eigenvalue weighted by molar-refractivity contribution is 7.08. The summed E-state index contributed by atoms with van der Waals surface area (Å²) >= 11 is 1.60. The molecule has 7 heteroatoms. The normalized spacial score (nSPS) is 15.7. The van der Waals surface area contributed by atoms with E-state index in [2.05, 4.69) is 28.9 Å². The molecule has 1 unspecified atom stereocenters. The molecule has 3 heterocycles. The number of rotatable bonds is 8. The second-order valence-corrected chi connectivity index (χ2v) is 8.76. The molecule has 0 radical (unpaired) electrons. The molecule has 1 aliphatic rings. The van der Waals surface area contributed by atoms with Gasteiger partial charge in [-0.3, -0.25) is 9.69 Å². The predicted octanol–water partition coefficient (Wildman–Crippen LogP) is 4.00. The zero-order valence-corrected chi connectivity index (χ0v) is 18.9. The van der Waals surface area contributed by atoms with Crippen LogP contribution >= 0.6 is 11.3 Å². The molecule has 4 rings (SSSR count). The smallest absolute Gasteiger partial charge is 0.229 e. The average molecular weight is 440 g/mol. The van der Waals surface area contributed by atoms with Crippen molar-refractivity contribution < 1.29 is 13.9 Å². The minimum Gasteiger partial charge on any atom is -0.441 e. The number of morpholine rings is 1. The number of amides is 1.